The van der Waals surface area contributed by atoms with E-state index in [0.717, 1.165) is 30.0 Å². The van der Waals surface area contributed by atoms with E-state index < -0.39 is 18.2 Å². The number of hydrogen-bond acceptors (Lipinski definition) is 8. The maximum atomic E-state index is 12.8. The number of aliphatic hydroxyl groups excluding tert-OH is 1. The number of pyridine rings is 1. The van der Waals surface area contributed by atoms with Gasteiger partial charge in [-0.1, -0.05) is 32.0 Å². The maximum absolute atomic E-state index is 12.8. The van der Waals surface area contributed by atoms with Gasteiger partial charge in [0.05, 0.1) is 37.0 Å². The van der Waals surface area contributed by atoms with Gasteiger partial charge in [0, 0.05) is 12.7 Å². The molecule has 2 aromatic rings. The monoisotopic (exact) mass is 499 g/mol. The van der Waals surface area contributed by atoms with E-state index in [9.17, 15) is 9.90 Å². The molecule has 9 nitrogen and oxygen atoms in total. The number of benzene rings is 1. The summed E-state index contributed by atoms with van der Waals surface area (Å²) in [4.78, 5) is 17.0. The molecular formula is C27H37N3O6. The number of nitrogens with one attached hydrogen (secondary N) is 2. The highest BCUT2D eigenvalue weighted by atomic mass is 16.7. The summed E-state index contributed by atoms with van der Waals surface area (Å²) in [6, 6.07) is 12.8. The quantitative estimate of drug-likeness (QED) is 0.409. The van der Waals surface area contributed by atoms with Gasteiger partial charge in [-0.2, -0.15) is 0 Å². The number of alkyl carbamates (subject to hydrolysis) is 1. The minimum absolute atomic E-state index is 0.0606. The minimum atomic E-state index is -0.793. The predicted molar refractivity (Wildman–Crippen MR) is 133 cm³/mol. The molecule has 3 heterocycles. The molecule has 0 saturated carbocycles. The van der Waals surface area contributed by atoms with Gasteiger partial charge in [-0.15, -0.1) is 0 Å². The fourth-order valence-corrected chi connectivity index (χ4v) is 4.43. The van der Waals surface area contributed by atoms with Crippen molar-refractivity contribution in [1.82, 2.24) is 15.6 Å². The summed E-state index contributed by atoms with van der Waals surface area (Å²) in [7, 11) is 0. The van der Waals surface area contributed by atoms with Crippen LogP contribution in [-0.4, -0.2) is 67.0 Å². The van der Waals surface area contributed by atoms with Crippen LogP contribution >= 0.6 is 0 Å². The van der Waals surface area contributed by atoms with E-state index in [4.69, 9.17) is 18.9 Å². The van der Waals surface area contributed by atoms with Crippen molar-refractivity contribution in [3.05, 3.63) is 59.9 Å². The second-order valence-corrected chi connectivity index (χ2v) is 9.80. The van der Waals surface area contributed by atoms with Crippen LogP contribution < -0.4 is 15.4 Å². The first kappa shape index (κ1) is 26.3. The minimum Gasteiger partial charge on any atom is -0.487 e. The van der Waals surface area contributed by atoms with Gasteiger partial charge in [0.15, 0.2) is 6.29 Å². The molecule has 0 aliphatic carbocycles. The van der Waals surface area contributed by atoms with Gasteiger partial charge in [0.1, 0.15) is 18.5 Å². The second-order valence-electron chi connectivity index (χ2n) is 9.80. The molecule has 1 amide bonds. The lowest BCUT2D eigenvalue weighted by Crippen LogP contribution is -2.50. The van der Waals surface area contributed by atoms with Crippen LogP contribution in [-0.2, 0) is 27.2 Å². The number of amides is 1. The molecule has 36 heavy (non-hydrogen) atoms. The molecular weight excluding hydrogens is 462 g/mol. The molecule has 1 aromatic carbocycles. The van der Waals surface area contributed by atoms with Gasteiger partial charge in [-0.3, -0.25) is 4.98 Å². The van der Waals surface area contributed by atoms with Gasteiger partial charge >= 0.3 is 6.09 Å². The van der Waals surface area contributed by atoms with Crippen molar-refractivity contribution in [2.75, 3.05) is 26.3 Å². The molecule has 1 aromatic heterocycles. The third kappa shape index (κ3) is 7.64. The lowest BCUT2D eigenvalue weighted by molar-refractivity contribution is -0.0907. The first-order valence-electron chi connectivity index (χ1n) is 12.7. The first-order chi connectivity index (χ1) is 17.5. The van der Waals surface area contributed by atoms with Crippen LogP contribution in [0.1, 0.15) is 31.5 Å². The molecule has 2 saturated heterocycles. The summed E-state index contributed by atoms with van der Waals surface area (Å²) in [5.41, 5.74) is 1.81. The van der Waals surface area contributed by atoms with Gasteiger partial charge in [-0.25, -0.2) is 4.79 Å². The van der Waals surface area contributed by atoms with Crippen LogP contribution in [0.15, 0.2) is 48.7 Å². The van der Waals surface area contributed by atoms with E-state index >= 15 is 0 Å². The van der Waals surface area contributed by atoms with E-state index in [-0.39, 0.29) is 18.3 Å². The zero-order valence-corrected chi connectivity index (χ0v) is 21.0. The Morgan fingerprint density at radius 1 is 1.17 bits per heavy atom. The summed E-state index contributed by atoms with van der Waals surface area (Å²) >= 11 is 0. The zero-order chi connectivity index (χ0) is 25.3. The number of aromatic nitrogens is 1. The van der Waals surface area contributed by atoms with Gasteiger partial charge in [0.25, 0.3) is 0 Å². The predicted octanol–water partition coefficient (Wildman–Crippen LogP) is 2.67. The van der Waals surface area contributed by atoms with Crippen molar-refractivity contribution in [3.63, 3.8) is 0 Å². The molecule has 2 aliphatic rings. The average Bonchev–Trinajstić information content (AvgIpc) is 3.49. The molecule has 0 radical (unpaired) electrons. The number of carbonyl (C=O) groups is 1. The third-order valence-corrected chi connectivity index (χ3v) is 6.41. The molecule has 3 unspecified atom stereocenters. The number of aliphatic hydroxyl groups is 1. The van der Waals surface area contributed by atoms with Crippen LogP contribution in [0.3, 0.4) is 0 Å². The number of carbonyl (C=O) groups excluding carboxylic acids is 1. The third-order valence-electron chi connectivity index (χ3n) is 6.41. The number of hydrogen-bond donors (Lipinski definition) is 3. The molecule has 3 N–H and O–H groups in total. The van der Waals surface area contributed by atoms with Crippen molar-refractivity contribution < 1.29 is 28.8 Å². The van der Waals surface area contributed by atoms with Crippen LogP contribution in [0, 0.1) is 11.8 Å². The van der Waals surface area contributed by atoms with Gasteiger partial charge < -0.3 is 34.7 Å². The zero-order valence-electron chi connectivity index (χ0n) is 21.0. The van der Waals surface area contributed by atoms with E-state index in [2.05, 4.69) is 29.5 Å². The van der Waals surface area contributed by atoms with E-state index in [1.165, 1.54) is 0 Å². The standard InChI is InChI=1S/C27H37N3O6/c1-18(2)14-28-15-24(31)23(30-27(32)36-25-17-35-26-22(25)10-12-33-26)13-19-6-8-21(9-7-19)34-16-20-5-3-4-11-29-20/h3-9,11,18,22-26,28,31H,10,12-17H2,1-2H3,(H,30,32)/t22?,23-,24?,25-,26?/m0/s1. The summed E-state index contributed by atoms with van der Waals surface area (Å²) < 4.78 is 22.6. The SMILES string of the molecule is CC(C)CNCC(O)[C@H](Cc1ccc(OCc2ccccn2)cc1)NC(=O)O[C@H]1COC2OCCC21. The van der Waals surface area contributed by atoms with Crippen LogP contribution in [0.4, 0.5) is 4.79 Å². The number of nitrogens with zero attached hydrogens (tertiary/aromatic N) is 1. The van der Waals surface area contributed by atoms with E-state index in [0.29, 0.717) is 38.7 Å². The highest BCUT2D eigenvalue weighted by Gasteiger charge is 2.44. The molecule has 196 valence electrons. The van der Waals surface area contributed by atoms with Crippen molar-refractivity contribution in [2.24, 2.45) is 11.8 Å². The molecule has 9 heteroatoms. The fourth-order valence-electron chi connectivity index (χ4n) is 4.43. The molecule has 0 bridgehead atoms. The number of ether oxygens (including phenoxy) is 4. The topological polar surface area (TPSA) is 111 Å². The Bertz CT molecular complexity index is 942. The summed E-state index contributed by atoms with van der Waals surface area (Å²) in [6.07, 6.45) is 1.01. The molecule has 4 rings (SSSR count). The van der Waals surface area contributed by atoms with Crippen LogP contribution in [0.5, 0.6) is 5.75 Å². The molecule has 5 atom stereocenters. The van der Waals surface area contributed by atoms with Crippen molar-refractivity contribution in [1.29, 1.82) is 0 Å². The van der Waals surface area contributed by atoms with Crippen molar-refractivity contribution >= 4 is 6.09 Å². The number of rotatable bonds is 12. The summed E-state index contributed by atoms with van der Waals surface area (Å²) in [5, 5.41) is 17.0. The van der Waals surface area contributed by atoms with Crippen LogP contribution in [0.25, 0.3) is 0 Å². The Morgan fingerprint density at radius 3 is 2.75 bits per heavy atom. The normalized spacial score (nSPS) is 22.7. The largest absolute Gasteiger partial charge is 0.487 e. The Labute approximate surface area is 212 Å². The first-order valence-corrected chi connectivity index (χ1v) is 12.7. The highest BCUT2D eigenvalue weighted by molar-refractivity contribution is 5.68. The van der Waals surface area contributed by atoms with Gasteiger partial charge in [-0.05, 0) is 55.1 Å². The average molecular weight is 500 g/mol. The Morgan fingerprint density at radius 2 is 2.00 bits per heavy atom. The van der Waals surface area contributed by atoms with Gasteiger partial charge in [0.2, 0.25) is 0 Å². The fraction of sp³-hybridized carbons (Fsp3) is 0.556. The Kier molecular flexibility index (Phi) is 9.52. The van der Waals surface area contributed by atoms with E-state index in [1.54, 1.807) is 6.20 Å². The van der Waals surface area contributed by atoms with Crippen LogP contribution in [0.2, 0.25) is 0 Å². The lowest BCUT2D eigenvalue weighted by Gasteiger charge is -2.26. The Hall–Kier alpha value is -2.72. The van der Waals surface area contributed by atoms with E-state index in [1.807, 2.05) is 42.5 Å². The smallest absolute Gasteiger partial charge is 0.407 e. The molecule has 2 fully saturated rings. The second kappa shape index (κ2) is 13.0. The summed E-state index contributed by atoms with van der Waals surface area (Å²) in [5.74, 6) is 1.24. The Balaban J connectivity index is 1.33. The number of fused-ring (bicyclic) bond motifs is 1. The molecule has 2 aliphatic heterocycles. The molecule has 0 spiro atoms. The highest BCUT2D eigenvalue weighted by Crippen LogP contribution is 2.33. The summed E-state index contributed by atoms with van der Waals surface area (Å²) in [6.45, 7) is 6.67. The lowest BCUT2D eigenvalue weighted by atomic mass is 10.0. The van der Waals surface area contributed by atoms with Crippen molar-refractivity contribution in [3.8, 4) is 5.75 Å². The maximum Gasteiger partial charge on any atom is 0.407 e. The van der Waals surface area contributed by atoms with Crippen molar-refractivity contribution in [2.45, 2.75) is 57.8 Å².